The molecule has 0 aliphatic carbocycles. The van der Waals surface area contributed by atoms with Crippen LogP contribution in [0.25, 0.3) is 10.6 Å². The van der Waals surface area contributed by atoms with Gasteiger partial charge in [-0.1, -0.05) is 6.07 Å². The number of hydrogen-bond acceptors (Lipinski definition) is 5. The van der Waals surface area contributed by atoms with Crippen molar-refractivity contribution in [3.8, 4) is 16.6 Å². The number of benzene rings is 1. The van der Waals surface area contributed by atoms with Gasteiger partial charge in [0.25, 0.3) is 11.5 Å². The van der Waals surface area contributed by atoms with Crippen molar-refractivity contribution in [1.82, 2.24) is 9.78 Å². The number of thiophene rings is 1. The maximum Gasteiger partial charge on any atom is 0.267 e. The monoisotopic (exact) mass is 364 g/mol. The molecule has 0 radical (unpaired) electrons. The molecule has 0 aliphatic rings. The molecule has 0 spiro atoms. The highest BCUT2D eigenvalue weighted by atomic mass is 32.1. The van der Waals surface area contributed by atoms with E-state index < -0.39 is 5.54 Å². The Morgan fingerprint density at radius 3 is 2.54 bits per heavy atom. The zero-order valence-electron chi connectivity index (χ0n) is 14.3. The van der Waals surface area contributed by atoms with E-state index in [1.54, 1.807) is 44.2 Å². The Labute approximate surface area is 154 Å². The van der Waals surface area contributed by atoms with E-state index in [0.29, 0.717) is 16.9 Å². The lowest BCUT2D eigenvalue weighted by molar-refractivity contribution is -0.123. The average molecular weight is 364 g/mol. The first-order valence-electron chi connectivity index (χ1n) is 7.88. The molecule has 2 heterocycles. The van der Waals surface area contributed by atoms with E-state index in [1.807, 2.05) is 23.6 Å². The van der Waals surface area contributed by atoms with Gasteiger partial charge >= 0.3 is 0 Å². The highest BCUT2D eigenvalue weighted by molar-refractivity contribution is 7.13. The predicted octanol–water partition coefficient (Wildman–Crippen LogP) is 3.22. The SMILES string of the molecule is CC(C)(C(=O)Nc1ccc(C#N)cc1)n1nc(-c2cccs2)ccc1=O. The summed E-state index contributed by atoms with van der Waals surface area (Å²) >= 11 is 1.51. The highest BCUT2D eigenvalue weighted by Crippen LogP contribution is 2.23. The second-order valence-corrected chi connectivity index (χ2v) is 7.10. The number of nitriles is 1. The summed E-state index contributed by atoms with van der Waals surface area (Å²) in [5.74, 6) is -0.375. The van der Waals surface area contributed by atoms with E-state index in [1.165, 1.54) is 22.1 Å². The molecule has 3 aromatic rings. The maximum atomic E-state index is 12.8. The van der Waals surface area contributed by atoms with E-state index in [9.17, 15) is 9.59 Å². The first kappa shape index (κ1) is 17.6. The third kappa shape index (κ3) is 3.41. The van der Waals surface area contributed by atoms with Crippen LogP contribution in [-0.4, -0.2) is 15.7 Å². The molecule has 0 saturated heterocycles. The minimum atomic E-state index is -1.20. The zero-order chi connectivity index (χ0) is 18.7. The molecule has 2 aromatic heterocycles. The first-order chi connectivity index (χ1) is 12.4. The van der Waals surface area contributed by atoms with Crippen LogP contribution in [0.4, 0.5) is 5.69 Å². The van der Waals surface area contributed by atoms with Gasteiger partial charge in [-0.25, -0.2) is 4.68 Å². The Morgan fingerprint density at radius 2 is 1.92 bits per heavy atom. The van der Waals surface area contributed by atoms with Crippen LogP contribution in [0, 0.1) is 11.3 Å². The van der Waals surface area contributed by atoms with E-state index in [2.05, 4.69) is 10.4 Å². The molecule has 0 fully saturated rings. The quantitative estimate of drug-likeness (QED) is 0.770. The van der Waals surface area contributed by atoms with Crippen molar-refractivity contribution < 1.29 is 4.79 Å². The maximum absolute atomic E-state index is 12.8. The van der Waals surface area contributed by atoms with Crippen LogP contribution in [-0.2, 0) is 10.3 Å². The molecule has 1 N–H and O–H groups in total. The Balaban J connectivity index is 1.91. The second kappa shape index (κ2) is 6.94. The molecule has 0 atom stereocenters. The van der Waals surface area contributed by atoms with Crippen LogP contribution in [0.15, 0.2) is 58.7 Å². The van der Waals surface area contributed by atoms with Gasteiger partial charge in [-0.3, -0.25) is 9.59 Å². The van der Waals surface area contributed by atoms with Crippen LogP contribution < -0.4 is 10.9 Å². The molecule has 0 bridgehead atoms. The van der Waals surface area contributed by atoms with Crippen molar-refractivity contribution in [3.05, 3.63) is 69.8 Å². The summed E-state index contributed by atoms with van der Waals surface area (Å²) in [5, 5.41) is 17.9. The summed E-state index contributed by atoms with van der Waals surface area (Å²) in [4.78, 5) is 26.0. The third-order valence-electron chi connectivity index (χ3n) is 3.93. The van der Waals surface area contributed by atoms with Gasteiger partial charge in [0.05, 0.1) is 16.5 Å². The van der Waals surface area contributed by atoms with Crippen LogP contribution in [0.2, 0.25) is 0 Å². The minimum Gasteiger partial charge on any atom is -0.324 e. The van der Waals surface area contributed by atoms with Crippen LogP contribution in [0.1, 0.15) is 19.4 Å². The van der Waals surface area contributed by atoms with Crippen molar-refractivity contribution in [1.29, 1.82) is 5.26 Å². The van der Waals surface area contributed by atoms with Gasteiger partial charge in [0.15, 0.2) is 0 Å². The lowest BCUT2D eigenvalue weighted by atomic mass is 10.0. The lowest BCUT2D eigenvalue weighted by Crippen LogP contribution is -2.47. The minimum absolute atomic E-state index is 0.356. The normalized spacial score (nSPS) is 11.0. The van der Waals surface area contributed by atoms with Crippen LogP contribution in [0.3, 0.4) is 0 Å². The number of anilines is 1. The standard InChI is InChI=1S/C19H16N4O2S/c1-19(2,18(25)21-14-7-5-13(12-20)6-8-14)23-17(24)10-9-15(22-23)16-4-3-11-26-16/h3-11H,1-2H3,(H,21,25). The second-order valence-electron chi connectivity index (χ2n) is 6.15. The fourth-order valence-corrected chi connectivity index (χ4v) is 3.07. The smallest absolute Gasteiger partial charge is 0.267 e. The Hall–Kier alpha value is -3.24. The van der Waals surface area contributed by atoms with Crippen LogP contribution >= 0.6 is 11.3 Å². The number of amides is 1. The van der Waals surface area contributed by atoms with Gasteiger partial charge in [0.2, 0.25) is 0 Å². The highest BCUT2D eigenvalue weighted by Gasteiger charge is 2.32. The van der Waals surface area contributed by atoms with Gasteiger partial charge in [-0.2, -0.15) is 10.4 Å². The topological polar surface area (TPSA) is 87.8 Å². The molecule has 1 amide bonds. The number of nitrogens with zero attached hydrogens (tertiary/aromatic N) is 3. The van der Waals surface area contributed by atoms with E-state index in [0.717, 1.165) is 4.88 Å². The van der Waals surface area contributed by atoms with Crippen molar-refractivity contribution in [3.63, 3.8) is 0 Å². The number of carbonyl (C=O) groups is 1. The number of carbonyl (C=O) groups excluding carboxylic acids is 1. The first-order valence-corrected chi connectivity index (χ1v) is 8.76. The fraction of sp³-hybridized carbons (Fsp3) is 0.158. The lowest BCUT2D eigenvalue weighted by Gasteiger charge is -2.25. The number of hydrogen-bond donors (Lipinski definition) is 1. The summed E-state index contributed by atoms with van der Waals surface area (Å²) in [6.07, 6.45) is 0. The van der Waals surface area contributed by atoms with E-state index in [4.69, 9.17) is 5.26 Å². The molecule has 6 nitrogen and oxygen atoms in total. The molecular formula is C19H16N4O2S. The molecule has 3 rings (SSSR count). The Morgan fingerprint density at radius 1 is 1.19 bits per heavy atom. The van der Waals surface area contributed by atoms with E-state index in [-0.39, 0.29) is 11.5 Å². The summed E-state index contributed by atoms with van der Waals surface area (Å²) < 4.78 is 1.20. The predicted molar refractivity (Wildman–Crippen MR) is 101 cm³/mol. The fourth-order valence-electron chi connectivity index (χ4n) is 2.38. The summed E-state index contributed by atoms with van der Waals surface area (Å²) in [5.41, 5.74) is 0.135. The molecule has 0 saturated carbocycles. The summed E-state index contributed by atoms with van der Waals surface area (Å²) in [6.45, 7) is 3.27. The molecule has 130 valence electrons. The average Bonchev–Trinajstić information content (AvgIpc) is 3.17. The van der Waals surface area contributed by atoms with Gasteiger partial charge in [0.1, 0.15) is 11.2 Å². The number of aromatic nitrogens is 2. The Bertz CT molecular complexity index is 1030. The van der Waals surface area contributed by atoms with Gasteiger partial charge in [-0.15, -0.1) is 11.3 Å². The van der Waals surface area contributed by atoms with Crippen molar-refractivity contribution in [2.45, 2.75) is 19.4 Å². The van der Waals surface area contributed by atoms with Crippen molar-refractivity contribution in [2.75, 3.05) is 5.32 Å². The molecule has 26 heavy (non-hydrogen) atoms. The molecule has 7 heteroatoms. The third-order valence-corrected chi connectivity index (χ3v) is 4.82. The molecule has 1 aromatic carbocycles. The van der Waals surface area contributed by atoms with Crippen LogP contribution in [0.5, 0.6) is 0 Å². The van der Waals surface area contributed by atoms with Gasteiger partial charge < -0.3 is 5.32 Å². The van der Waals surface area contributed by atoms with E-state index >= 15 is 0 Å². The van der Waals surface area contributed by atoms with Gasteiger partial charge in [0, 0.05) is 11.8 Å². The summed E-state index contributed by atoms with van der Waals surface area (Å²) in [6, 6.07) is 15.4. The zero-order valence-corrected chi connectivity index (χ0v) is 15.1. The number of rotatable bonds is 4. The molecule has 0 unspecified atom stereocenters. The largest absolute Gasteiger partial charge is 0.324 e. The summed E-state index contributed by atoms with van der Waals surface area (Å²) in [7, 11) is 0. The van der Waals surface area contributed by atoms with Crippen molar-refractivity contribution in [2.24, 2.45) is 0 Å². The van der Waals surface area contributed by atoms with Gasteiger partial charge in [-0.05, 0) is 55.6 Å². The molecule has 0 aliphatic heterocycles. The van der Waals surface area contributed by atoms with Crippen molar-refractivity contribution >= 4 is 22.9 Å². The Kier molecular flexibility index (Phi) is 4.69. The molecular weight excluding hydrogens is 348 g/mol. The number of nitrogens with one attached hydrogen (secondary N) is 1.